The Hall–Kier alpha value is -1.57. The van der Waals surface area contributed by atoms with Gasteiger partial charge in [0.25, 0.3) is 0 Å². The molecule has 1 aromatic heterocycles. The van der Waals surface area contributed by atoms with E-state index < -0.39 is 5.60 Å². The molecule has 3 aromatic rings. The van der Waals surface area contributed by atoms with Crippen molar-refractivity contribution in [1.82, 2.24) is 14.9 Å². The summed E-state index contributed by atoms with van der Waals surface area (Å²) < 4.78 is 20.4. The second kappa shape index (κ2) is 15.6. The number of aryl methyl sites for hydroxylation is 2. The first-order valence-corrected chi connectivity index (χ1v) is 13.5. The van der Waals surface area contributed by atoms with Gasteiger partial charge in [-0.3, -0.25) is 4.79 Å². The molecule has 1 saturated carbocycles. The molecule has 0 bridgehead atoms. The zero-order chi connectivity index (χ0) is 25.3. The largest absolute Gasteiger partial charge is 0.458 e. The van der Waals surface area contributed by atoms with Crippen molar-refractivity contribution in [2.75, 3.05) is 20.1 Å². The van der Waals surface area contributed by atoms with Gasteiger partial charge in [-0.25, -0.2) is 9.37 Å². The van der Waals surface area contributed by atoms with Crippen molar-refractivity contribution < 1.29 is 13.9 Å². The first-order valence-electron chi connectivity index (χ1n) is 13.5. The highest BCUT2D eigenvalue weighted by molar-refractivity contribution is 5.86. The third-order valence-corrected chi connectivity index (χ3v) is 8.01. The minimum Gasteiger partial charge on any atom is -0.458 e. The van der Waals surface area contributed by atoms with Crippen molar-refractivity contribution >= 4 is 66.6 Å². The Morgan fingerprint density at radius 2 is 1.85 bits per heavy atom. The van der Waals surface area contributed by atoms with Gasteiger partial charge < -0.3 is 14.6 Å². The first kappa shape index (κ1) is 36.5. The molecule has 2 atom stereocenters. The highest BCUT2D eigenvalue weighted by Gasteiger charge is 2.49. The minimum atomic E-state index is -0.550. The molecule has 2 aliphatic rings. The smallest absolute Gasteiger partial charge is 0.309 e. The number of para-hydroxylation sites is 2. The summed E-state index contributed by atoms with van der Waals surface area (Å²) in [5.74, 6) is 1.19. The number of aromatic nitrogens is 2. The van der Waals surface area contributed by atoms with Gasteiger partial charge in [-0.05, 0) is 87.0 Å². The summed E-state index contributed by atoms with van der Waals surface area (Å²) in [4.78, 5) is 23.4. The molecular weight excluding hydrogens is 595 g/mol. The van der Waals surface area contributed by atoms with E-state index in [4.69, 9.17) is 9.72 Å². The quantitative estimate of drug-likeness (QED) is 0.232. The predicted molar refractivity (Wildman–Crippen MR) is 169 cm³/mol. The summed E-state index contributed by atoms with van der Waals surface area (Å²) in [5.41, 5.74) is 3.75. The molecule has 10 heteroatoms. The molecule has 1 heterocycles. The van der Waals surface area contributed by atoms with Gasteiger partial charge >= 0.3 is 5.97 Å². The van der Waals surface area contributed by atoms with Crippen LogP contribution in [0.3, 0.4) is 0 Å². The van der Waals surface area contributed by atoms with Crippen LogP contribution in [-0.4, -0.2) is 46.6 Å². The van der Waals surface area contributed by atoms with Crippen molar-refractivity contribution in [1.29, 1.82) is 0 Å². The molecule has 0 aliphatic heterocycles. The second-order valence-corrected chi connectivity index (χ2v) is 11.2. The molecule has 0 amide bonds. The Labute approximate surface area is 262 Å². The van der Waals surface area contributed by atoms with Crippen LogP contribution in [0.1, 0.15) is 68.8 Å². The number of nitrogens with one attached hydrogen (secondary N) is 1. The Balaban J connectivity index is 0.00000200. The Morgan fingerprint density at radius 3 is 2.52 bits per heavy atom. The Bertz CT molecular complexity index is 1200. The third kappa shape index (κ3) is 8.25. The van der Waals surface area contributed by atoms with Crippen molar-refractivity contribution in [2.24, 2.45) is 11.8 Å². The number of carbonyl (C=O) groups is 1. The number of ether oxygens (including phenoxy) is 1. The number of carbonyl (C=O) groups excluding carboxylic acids is 1. The standard InChI is InChI=1S/C30H38FN3O2.4ClH/c1-20(2)28-24-13-12-23(31)19-22(24)14-15-30(28,36-29(35)21-10-11-21)16-18-34(3)17-6-9-27-32-25-7-4-5-8-26(25)33-27;;;;/h4-5,7-8,12-13,19-21,28H,6,9-11,14-18H2,1-3H3,(H,32,33);4*1H/t28-,30-;;;;/m0..../s1. The maximum absolute atomic E-state index is 14.0. The van der Waals surface area contributed by atoms with E-state index in [0.717, 1.165) is 86.0 Å². The summed E-state index contributed by atoms with van der Waals surface area (Å²) in [6.07, 6.45) is 6.04. The van der Waals surface area contributed by atoms with Gasteiger partial charge in [0.1, 0.15) is 17.2 Å². The van der Waals surface area contributed by atoms with Crippen LogP contribution in [-0.2, 0) is 22.4 Å². The van der Waals surface area contributed by atoms with Crippen LogP contribution in [0.25, 0.3) is 11.0 Å². The number of rotatable bonds is 10. The van der Waals surface area contributed by atoms with Crippen molar-refractivity contribution in [3.63, 3.8) is 0 Å². The van der Waals surface area contributed by atoms with Gasteiger partial charge in [0, 0.05) is 25.3 Å². The number of hydrogen-bond donors (Lipinski definition) is 1. The predicted octanol–water partition coefficient (Wildman–Crippen LogP) is 7.72. The first-order chi connectivity index (χ1) is 17.3. The van der Waals surface area contributed by atoms with Crippen LogP contribution in [0.2, 0.25) is 0 Å². The minimum absolute atomic E-state index is 0. The van der Waals surface area contributed by atoms with Crippen LogP contribution < -0.4 is 0 Å². The lowest BCUT2D eigenvalue weighted by Gasteiger charge is -2.47. The summed E-state index contributed by atoms with van der Waals surface area (Å²) in [6.45, 7) is 6.18. The lowest BCUT2D eigenvalue weighted by molar-refractivity contribution is -0.169. The number of halogens is 5. The van der Waals surface area contributed by atoms with Crippen molar-refractivity contribution in [2.45, 2.75) is 70.3 Å². The number of aromatic amines is 1. The highest BCUT2D eigenvalue weighted by atomic mass is 35.5. The molecule has 2 aliphatic carbocycles. The van der Waals surface area contributed by atoms with Gasteiger partial charge in [-0.1, -0.05) is 32.0 Å². The number of nitrogens with zero attached hydrogens (tertiary/aromatic N) is 2. The number of benzene rings is 2. The molecule has 2 aromatic carbocycles. The topological polar surface area (TPSA) is 58.2 Å². The summed E-state index contributed by atoms with van der Waals surface area (Å²) >= 11 is 0. The second-order valence-electron chi connectivity index (χ2n) is 11.2. The number of fused-ring (bicyclic) bond motifs is 2. The maximum atomic E-state index is 14.0. The maximum Gasteiger partial charge on any atom is 0.309 e. The van der Waals surface area contributed by atoms with E-state index in [0.29, 0.717) is 0 Å². The van der Waals surface area contributed by atoms with Crippen molar-refractivity contribution in [3.05, 3.63) is 65.2 Å². The van der Waals surface area contributed by atoms with Gasteiger partial charge in [0.2, 0.25) is 0 Å². The average Bonchev–Trinajstić information content (AvgIpc) is 3.62. The SMILES string of the molecule is CC(C)[C@H]1c2ccc(F)cc2CC[C@@]1(CCN(C)CCCc1nc2ccccc2[nH]1)OC(=O)C1CC1.Cl.Cl.Cl.Cl. The molecule has 40 heavy (non-hydrogen) atoms. The molecule has 1 N–H and O–H groups in total. The van der Waals surface area contributed by atoms with E-state index >= 15 is 0 Å². The molecule has 5 nitrogen and oxygen atoms in total. The zero-order valence-corrected chi connectivity index (χ0v) is 26.6. The van der Waals surface area contributed by atoms with E-state index in [1.165, 1.54) is 0 Å². The molecule has 0 saturated heterocycles. The highest BCUT2D eigenvalue weighted by Crippen LogP contribution is 2.49. The van der Waals surface area contributed by atoms with Gasteiger partial charge in [-0.2, -0.15) is 0 Å². The van der Waals surface area contributed by atoms with Crippen LogP contribution in [0.5, 0.6) is 0 Å². The molecule has 224 valence electrons. The van der Waals surface area contributed by atoms with Crippen LogP contribution >= 0.6 is 49.6 Å². The summed E-state index contributed by atoms with van der Waals surface area (Å²) in [5, 5.41) is 0. The normalized spacial score (nSPS) is 19.6. The summed E-state index contributed by atoms with van der Waals surface area (Å²) in [7, 11) is 2.14. The van der Waals surface area contributed by atoms with Gasteiger partial charge in [-0.15, -0.1) is 49.6 Å². The van der Waals surface area contributed by atoms with E-state index in [1.54, 1.807) is 12.1 Å². The van der Waals surface area contributed by atoms with Crippen molar-refractivity contribution in [3.8, 4) is 0 Å². The van der Waals surface area contributed by atoms with E-state index in [9.17, 15) is 9.18 Å². The van der Waals surface area contributed by atoms with Gasteiger partial charge in [0.15, 0.2) is 0 Å². The Kier molecular flexibility index (Phi) is 14.2. The average molecular weight is 637 g/mol. The lowest BCUT2D eigenvalue weighted by atomic mass is 9.65. The Morgan fingerprint density at radius 1 is 1.12 bits per heavy atom. The molecule has 0 radical (unpaired) electrons. The molecule has 1 fully saturated rings. The molecule has 0 unspecified atom stereocenters. The molecular formula is C30H42Cl4FN3O2. The van der Waals surface area contributed by atoms with Gasteiger partial charge in [0.05, 0.1) is 17.0 Å². The number of H-pyrrole nitrogens is 1. The monoisotopic (exact) mass is 635 g/mol. The molecule has 5 rings (SSSR count). The number of hydrogen-bond acceptors (Lipinski definition) is 4. The van der Waals surface area contributed by atoms with Crippen LogP contribution in [0.4, 0.5) is 4.39 Å². The number of esters is 1. The fourth-order valence-electron chi connectivity index (χ4n) is 6.03. The zero-order valence-electron chi connectivity index (χ0n) is 23.4. The fourth-order valence-corrected chi connectivity index (χ4v) is 6.03. The lowest BCUT2D eigenvalue weighted by Crippen LogP contribution is -2.48. The third-order valence-electron chi connectivity index (χ3n) is 8.01. The molecule has 0 spiro atoms. The van der Waals surface area contributed by atoms with E-state index in [1.807, 2.05) is 24.3 Å². The fraction of sp³-hybridized carbons (Fsp3) is 0.533. The van der Waals surface area contributed by atoms with E-state index in [2.05, 4.69) is 36.8 Å². The van der Waals surface area contributed by atoms with Crippen LogP contribution in [0.15, 0.2) is 42.5 Å². The number of imidazole rings is 1. The summed E-state index contributed by atoms with van der Waals surface area (Å²) in [6, 6.07) is 13.3. The van der Waals surface area contributed by atoms with E-state index in [-0.39, 0.29) is 79.2 Å². The van der Waals surface area contributed by atoms with Crippen LogP contribution in [0, 0.1) is 17.7 Å².